The van der Waals surface area contributed by atoms with E-state index in [1.807, 2.05) is 0 Å². The average Bonchev–Trinajstić information content (AvgIpc) is 2.42. The second-order valence-corrected chi connectivity index (χ2v) is 4.49. The van der Waals surface area contributed by atoms with Crippen LogP contribution in [-0.4, -0.2) is 17.1 Å². The number of nitrogens with one attached hydrogen (secondary N) is 2. The Labute approximate surface area is 124 Å². The maximum Gasteiger partial charge on any atom is 0.335 e. The van der Waals surface area contributed by atoms with Crippen LogP contribution in [0.4, 0.5) is 20.6 Å². The third-order valence-corrected chi connectivity index (χ3v) is 2.88. The first-order valence-corrected chi connectivity index (χ1v) is 6.20. The normalized spacial score (nSPS) is 10.0. The van der Waals surface area contributed by atoms with Crippen molar-refractivity contribution >= 4 is 35.0 Å². The first-order chi connectivity index (χ1) is 9.95. The molecule has 21 heavy (non-hydrogen) atoms. The highest BCUT2D eigenvalue weighted by Gasteiger charge is 2.08. The van der Waals surface area contributed by atoms with Crippen molar-refractivity contribution in [3.63, 3.8) is 0 Å². The van der Waals surface area contributed by atoms with Crippen LogP contribution in [0.1, 0.15) is 10.4 Å². The van der Waals surface area contributed by atoms with Gasteiger partial charge in [-0.1, -0.05) is 11.6 Å². The number of anilines is 2. The fourth-order valence-electron chi connectivity index (χ4n) is 1.57. The molecule has 2 aromatic rings. The van der Waals surface area contributed by atoms with Crippen LogP contribution in [0, 0.1) is 5.82 Å². The van der Waals surface area contributed by atoms with Gasteiger partial charge in [0, 0.05) is 5.69 Å². The molecule has 7 heteroatoms. The largest absolute Gasteiger partial charge is 0.478 e. The summed E-state index contributed by atoms with van der Waals surface area (Å²) >= 11 is 5.78. The fourth-order valence-corrected chi connectivity index (χ4v) is 1.79. The minimum Gasteiger partial charge on any atom is -0.478 e. The van der Waals surface area contributed by atoms with Crippen molar-refractivity contribution in [2.45, 2.75) is 0 Å². The number of urea groups is 1. The van der Waals surface area contributed by atoms with Crippen molar-refractivity contribution in [2.75, 3.05) is 10.6 Å². The molecule has 0 atom stereocenters. The Morgan fingerprint density at radius 3 is 2.29 bits per heavy atom. The highest BCUT2D eigenvalue weighted by atomic mass is 35.5. The van der Waals surface area contributed by atoms with Gasteiger partial charge in [-0.15, -0.1) is 0 Å². The summed E-state index contributed by atoms with van der Waals surface area (Å²) in [6, 6.07) is 8.65. The molecule has 0 unspecified atom stereocenters. The van der Waals surface area contributed by atoms with E-state index in [1.165, 1.54) is 36.4 Å². The minimum absolute atomic E-state index is 0.0753. The second kappa shape index (κ2) is 6.23. The third-order valence-electron chi connectivity index (χ3n) is 2.57. The summed E-state index contributed by atoms with van der Waals surface area (Å²) in [7, 11) is 0. The van der Waals surface area contributed by atoms with Crippen LogP contribution in [0.15, 0.2) is 42.5 Å². The highest BCUT2D eigenvalue weighted by molar-refractivity contribution is 6.33. The van der Waals surface area contributed by atoms with Gasteiger partial charge < -0.3 is 15.7 Å². The zero-order chi connectivity index (χ0) is 15.4. The number of carboxylic acids is 1. The molecule has 0 saturated carbocycles. The Morgan fingerprint density at radius 1 is 1.05 bits per heavy atom. The van der Waals surface area contributed by atoms with Crippen LogP contribution in [0.2, 0.25) is 5.02 Å². The molecule has 5 nitrogen and oxygen atoms in total. The molecule has 0 spiro atoms. The van der Waals surface area contributed by atoms with Crippen molar-refractivity contribution in [3.8, 4) is 0 Å². The maximum absolute atomic E-state index is 12.9. The number of aromatic carboxylic acids is 1. The van der Waals surface area contributed by atoms with E-state index < -0.39 is 17.8 Å². The molecule has 0 radical (unpaired) electrons. The predicted molar refractivity (Wildman–Crippen MR) is 77.5 cm³/mol. The van der Waals surface area contributed by atoms with Crippen LogP contribution in [0.3, 0.4) is 0 Å². The quantitative estimate of drug-likeness (QED) is 0.806. The Hall–Kier alpha value is -2.60. The highest BCUT2D eigenvalue weighted by Crippen LogP contribution is 2.22. The fraction of sp³-hybridized carbons (Fsp3) is 0. The molecule has 0 aromatic heterocycles. The molecule has 3 N–H and O–H groups in total. The lowest BCUT2D eigenvalue weighted by Gasteiger charge is -2.09. The molecule has 0 fully saturated rings. The number of hydrogen-bond acceptors (Lipinski definition) is 2. The molecule has 0 bridgehead atoms. The number of rotatable bonds is 3. The van der Waals surface area contributed by atoms with Crippen LogP contribution in [0.5, 0.6) is 0 Å². The van der Waals surface area contributed by atoms with Gasteiger partial charge in [0.15, 0.2) is 0 Å². The molecular weight excluding hydrogens is 299 g/mol. The average molecular weight is 309 g/mol. The zero-order valence-corrected chi connectivity index (χ0v) is 11.3. The van der Waals surface area contributed by atoms with E-state index in [1.54, 1.807) is 0 Å². The van der Waals surface area contributed by atoms with E-state index in [0.717, 1.165) is 6.07 Å². The molecule has 2 aromatic carbocycles. The van der Waals surface area contributed by atoms with Gasteiger partial charge in [-0.25, -0.2) is 14.0 Å². The number of carboxylic acid groups (broad SMARTS) is 1. The Bertz CT molecular complexity index is 689. The Balaban J connectivity index is 2.02. The van der Waals surface area contributed by atoms with E-state index in [4.69, 9.17) is 16.7 Å². The van der Waals surface area contributed by atoms with Crippen LogP contribution < -0.4 is 10.6 Å². The van der Waals surface area contributed by atoms with Crippen molar-refractivity contribution in [1.29, 1.82) is 0 Å². The summed E-state index contributed by atoms with van der Waals surface area (Å²) in [5.41, 5.74) is 0.788. The summed E-state index contributed by atoms with van der Waals surface area (Å²) in [5.74, 6) is -1.56. The van der Waals surface area contributed by atoms with Crippen molar-refractivity contribution in [2.24, 2.45) is 0 Å². The van der Waals surface area contributed by atoms with Gasteiger partial charge >= 0.3 is 12.0 Å². The van der Waals surface area contributed by atoms with Crippen molar-refractivity contribution in [3.05, 3.63) is 58.9 Å². The third kappa shape index (κ3) is 3.93. The Morgan fingerprint density at radius 2 is 1.71 bits per heavy atom. The molecule has 2 rings (SSSR count). The number of halogens is 2. The number of amides is 2. The lowest BCUT2D eigenvalue weighted by Crippen LogP contribution is -2.19. The summed E-state index contributed by atoms with van der Waals surface area (Å²) in [6.45, 7) is 0. The number of benzene rings is 2. The standard InChI is InChI=1S/C14H10ClFN2O3/c15-11-7-9(16)3-6-12(11)18-14(21)17-10-4-1-8(2-5-10)13(19)20/h1-7H,(H,19,20)(H2,17,18,21). The molecule has 0 aliphatic carbocycles. The topological polar surface area (TPSA) is 78.4 Å². The van der Waals surface area contributed by atoms with Crippen LogP contribution >= 0.6 is 11.6 Å². The van der Waals surface area contributed by atoms with Gasteiger partial charge in [0.25, 0.3) is 0 Å². The van der Waals surface area contributed by atoms with Gasteiger partial charge in [-0.05, 0) is 42.5 Å². The van der Waals surface area contributed by atoms with Gasteiger partial charge in [0.1, 0.15) is 5.82 Å². The van der Waals surface area contributed by atoms with E-state index in [2.05, 4.69) is 10.6 Å². The molecule has 0 heterocycles. The van der Waals surface area contributed by atoms with Gasteiger partial charge in [-0.2, -0.15) is 0 Å². The minimum atomic E-state index is -1.05. The molecular formula is C14H10ClFN2O3. The van der Waals surface area contributed by atoms with Gasteiger partial charge in [-0.3, -0.25) is 0 Å². The smallest absolute Gasteiger partial charge is 0.335 e. The summed E-state index contributed by atoms with van der Waals surface area (Å²) in [4.78, 5) is 22.4. The summed E-state index contributed by atoms with van der Waals surface area (Å²) in [6.07, 6.45) is 0. The molecule has 0 aliphatic heterocycles. The Kier molecular flexibility index (Phi) is 4.39. The second-order valence-electron chi connectivity index (χ2n) is 4.09. The van der Waals surface area contributed by atoms with Crippen molar-refractivity contribution in [1.82, 2.24) is 0 Å². The first-order valence-electron chi connectivity index (χ1n) is 5.82. The zero-order valence-electron chi connectivity index (χ0n) is 10.6. The molecule has 108 valence electrons. The first kappa shape index (κ1) is 14.8. The van der Waals surface area contributed by atoms with Gasteiger partial charge in [0.2, 0.25) is 0 Å². The number of carbonyl (C=O) groups excluding carboxylic acids is 1. The summed E-state index contributed by atoms with van der Waals surface area (Å²) in [5, 5.41) is 13.8. The predicted octanol–water partition coefficient (Wildman–Crippen LogP) is 3.82. The van der Waals surface area contributed by atoms with E-state index in [0.29, 0.717) is 5.69 Å². The monoisotopic (exact) mass is 308 g/mol. The van der Waals surface area contributed by atoms with Crippen LogP contribution in [-0.2, 0) is 0 Å². The SMILES string of the molecule is O=C(Nc1ccc(C(=O)O)cc1)Nc1ccc(F)cc1Cl. The molecule has 0 aliphatic rings. The lowest BCUT2D eigenvalue weighted by molar-refractivity contribution is 0.0697. The van der Waals surface area contributed by atoms with E-state index >= 15 is 0 Å². The molecule has 2 amide bonds. The van der Waals surface area contributed by atoms with E-state index in [-0.39, 0.29) is 16.3 Å². The number of hydrogen-bond donors (Lipinski definition) is 3. The van der Waals surface area contributed by atoms with Crippen LogP contribution in [0.25, 0.3) is 0 Å². The summed E-state index contributed by atoms with van der Waals surface area (Å²) < 4.78 is 12.9. The lowest BCUT2D eigenvalue weighted by atomic mass is 10.2. The maximum atomic E-state index is 12.9. The number of carbonyl (C=O) groups is 2. The van der Waals surface area contributed by atoms with Gasteiger partial charge in [0.05, 0.1) is 16.3 Å². The molecule has 0 saturated heterocycles. The van der Waals surface area contributed by atoms with Crippen molar-refractivity contribution < 1.29 is 19.1 Å². The van der Waals surface area contributed by atoms with E-state index in [9.17, 15) is 14.0 Å².